The molecule has 2 aromatic rings. The van der Waals surface area contributed by atoms with E-state index in [0.29, 0.717) is 4.90 Å². The second-order valence-electron chi connectivity index (χ2n) is 5.11. The minimum Gasteiger partial charge on any atom is -0.207 e. The van der Waals surface area contributed by atoms with E-state index in [0.717, 1.165) is 21.2 Å². The number of halogens is 1. The van der Waals surface area contributed by atoms with E-state index < -0.39 is 10.0 Å². The van der Waals surface area contributed by atoms with Gasteiger partial charge in [0.05, 0.1) is 4.90 Å². The number of aryl methyl sites for hydroxylation is 2. The molecule has 0 aliphatic heterocycles. The zero-order chi connectivity index (χ0) is 15.6. The van der Waals surface area contributed by atoms with Crippen LogP contribution in [0.2, 0.25) is 0 Å². The maximum Gasteiger partial charge on any atom is 0.241 e. The van der Waals surface area contributed by atoms with Crippen LogP contribution >= 0.6 is 15.9 Å². The highest BCUT2D eigenvalue weighted by Crippen LogP contribution is 2.24. The largest absolute Gasteiger partial charge is 0.241 e. The van der Waals surface area contributed by atoms with E-state index in [2.05, 4.69) is 20.7 Å². The molecule has 5 heteroatoms. The van der Waals surface area contributed by atoms with Crippen molar-refractivity contribution in [3.63, 3.8) is 0 Å². The molecular formula is C16H18BrNO2S. The molecule has 1 N–H and O–H groups in total. The molecule has 0 bridgehead atoms. The minimum absolute atomic E-state index is 0.296. The lowest BCUT2D eigenvalue weighted by Crippen LogP contribution is -2.27. The van der Waals surface area contributed by atoms with Gasteiger partial charge in [-0.1, -0.05) is 40.2 Å². The lowest BCUT2D eigenvalue weighted by molar-refractivity contribution is 0.566. The van der Waals surface area contributed by atoms with Crippen LogP contribution in [0, 0.1) is 13.8 Å². The lowest BCUT2D eigenvalue weighted by atomic mass is 10.1. The van der Waals surface area contributed by atoms with E-state index in [1.807, 2.05) is 51.1 Å². The summed E-state index contributed by atoms with van der Waals surface area (Å²) < 4.78 is 28.5. The van der Waals surface area contributed by atoms with Crippen molar-refractivity contribution in [2.75, 3.05) is 0 Å². The van der Waals surface area contributed by atoms with E-state index in [9.17, 15) is 8.42 Å². The van der Waals surface area contributed by atoms with Crippen LogP contribution in [0.5, 0.6) is 0 Å². The summed E-state index contributed by atoms with van der Waals surface area (Å²) in [5.74, 6) is 0. The first kappa shape index (κ1) is 16.2. The highest BCUT2D eigenvalue weighted by molar-refractivity contribution is 9.10. The second kappa shape index (κ2) is 6.30. The molecule has 2 rings (SSSR count). The third kappa shape index (κ3) is 3.73. The summed E-state index contributed by atoms with van der Waals surface area (Å²) >= 11 is 3.45. The normalized spacial score (nSPS) is 13.1. The van der Waals surface area contributed by atoms with Gasteiger partial charge in [-0.3, -0.25) is 0 Å². The van der Waals surface area contributed by atoms with Crippen LogP contribution in [0.1, 0.15) is 29.7 Å². The van der Waals surface area contributed by atoms with Crippen molar-refractivity contribution in [3.8, 4) is 0 Å². The molecule has 2 aromatic carbocycles. The SMILES string of the molecule is Cc1ccc(S(=O)(=O)NC(C)c2ccccc2Br)cc1C. The Kier molecular flexibility index (Phi) is 4.86. The van der Waals surface area contributed by atoms with Gasteiger partial charge in [0.15, 0.2) is 0 Å². The van der Waals surface area contributed by atoms with E-state index in [1.165, 1.54) is 0 Å². The zero-order valence-electron chi connectivity index (χ0n) is 12.2. The monoisotopic (exact) mass is 367 g/mol. The Morgan fingerprint density at radius 2 is 1.71 bits per heavy atom. The summed E-state index contributed by atoms with van der Waals surface area (Å²) in [5, 5.41) is 0. The number of rotatable bonds is 4. The van der Waals surface area contributed by atoms with Crippen molar-refractivity contribution in [2.24, 2.45) is 0 Å². The molecule has 1 unspecified atom stereocenters. The number of benzene rings is 2. The molecule has 0 amide bonds. The Bertz CT molecular complexity index is 757. The number of hydrogen-bond acceptors (Lipinski definition) is 2. The molecule has 0 saturated carbocycles. The molecule has 0 fully saturated rings. The van der Waals surface area contributed by atoms with E-state index >= 15 is 0 Å². The van der Waals surface area contributed by atoms with Gasteiger partial charge in [0.2, 0.25) is 10.0 Å². The maximum absolute atomic E-state index is 12.5. The maximum atomic E-state index is 12.5. The van der Waals surface area contributed by atoms with E-state index in [1.54, 1.807) is 12.1 Å². The summed E-state index contributed by atoms with van der Waals surface area (Å²) in [4.78, 5) is 0.296. The van der Waals surface area contributed by atoms with E-state index in [4.69, 9.17) is 0 Å². The zero-order valence-corrected chi connectivity index (χ0v) is 14.6. The highest BCUT2D eigenvalue weighted by Gasteiger charge is 2.19. The van der Waals surface area contributed by atoms with Gasteiger partial charge in [0, 0.05) is 10.5 Å². The molecule has 1 atom stereocenters. The minimum atomic E-state index is -3.53. The topological polar surface area (TPSA) is 46.2 Å². The first-order valence-electron chi connectivity index (χ1n) is 6.65. The first-order valence-corrected chi connectivity index (χ1v) is 8.93. The molecule has 3 nitrogen and oxygen atoms in total. The first-order chi connectivity index (χ1) is 9.81. The summed E-state index contributed by atoms with van der Waals surface area (Å²) in [5.41, 5.74) is 2.95. The number of nitrogens with one attached hydrogen (secondary N) is 1. The van der Waals surface area contributed by atoms with Crippen LogP contribution in [0.15, 0.2) is 51.8 Å². The van der Waals surface area contributed by atoms with Crippen molar-refractivity contribution in [3.05, 3.63) is 63.6 Å². The van der Waals surface area contributed by atoms with Gasteiger partial charge in [0.25, 0.3) is 0 Å². The van der Waals surface area contributed by atoms with Crippen LogP contribution in [0.3, 0.4) is 0 Å². The van der Waals surface area contributed by atoms with Gasteiger partial charge >= 0.3 is 0 Å². The molecule has 112 valence electrons. The standard InChI is InChI=1S/C16H18BrNO2S/c1-11-8-9-14(10-12(11)2)21(19,20)18-13(3)15-6-4-5-7-16(15)17/h4-10,13,18H,1-3H3. The molecule has 0 aliphatic carbocycles. The third-order valence-electron chi connectivity index (χ3n) is 3.49. The molecular weight excluding hydrogens is 350 g/mol. The Labute approximate surface area is 134 Å². The Morgan fingerprint density at radius 1 is 1.05 bits per heavy atom. The molecule has 0 saturated heterocycles. The fourth-order valence-electron chi connectivity index (χ4n) is 2.07. The van der Waals surface area contributed by atoms with Gasteiger partial charge in [-0.2, -0.15) is 0 Å². The fourth-order valence-corrected chi connectivity index (χ4v) is 4.01. The molecule has 0 radical (unpaired) electrons. The Morgan fingerprint density at radius 3 is 2.33 bits per heavy atom. The number of hydrogen-bond donors (Lipinski definition) is 1. The predicted octanol–water partition coefficient (Wildman–Crippen LogP) is 4.11. The van der Waals surface area contributed by atoms with Crippen LogP contribution < -0.4 is 4.72 Å². The smallest absolute Gasteiger partial charge is 0.207 e. The van der Waals surface area contributed by atoms with Crippen molar-refractivity contribution in [1.29, 1.82) is 0 Å². The van der Waals surface area contributed by atoms with Crippen LogP contribution in [0.25, 0.3) is 0 Å². The van der Waals surface area contributed by atoms with Crippen molar-refractivity contribution >= 4 is 26.0 Å². The van der Waals surface area contributed by atoms with E-state index in [-0.39, 0.29) is 6.04 Å². The number of sulfonamides is 1. The van der Waals surface area contributed by atoms with Gasteiger partial charge in [0.1, 0.15) is 0 Å². The Balaban J connectivity index is 2.29. The van der Waals surface area contributed by atoms with Gasteiger partial charge in [-0.15, -0.1) is 0 Å². The van der Waals surface area contributed by atoms with Crippen LogP contribution in [0.4, 0.5) is 0 Å². The lowest BCUT2D eigenvalue weighted by Gasteiger charge is -2.16. The van der Waals surface area contributed by atoms with Gasteiger partial charge < -0.3 is 0 Å². The molecule has 0 aliphatic rings. The summed E-state index contributed by atoms with van der Waals surface area (Å²) in [7, 11) is -3.53. The van der Waals surface area contributed by atoms with Crippen molar-refractivity contribution in [2.45, 2.75) is 31.7 Å². The molecule has 0 spiro atoms. The summed E-state index contributed by atoms with van der Waals surface area (Å²) in [6, 6.07) is 12.4. The third-order valence-corrected chi connectivity index (χ3v) is 5.75. The average Bonchev–Trinajstić information content (AvgIpc) is 2.41. The molecule has 0 aromatic heterocycles. The van der Waals surface area contributed by atoms with Crippen LogP contribution in [-0.4, -0.2) is 8.42 Å². The highest BCUT2D eigenvalue weighted by atomic mass is 79.9. The van der Waals surface area contributed by atoms with Crippen molar-refractivity contribution in [1.82, 2.24) is 4.72 Å². The fraction of sp³-hybridized carbons (Fsp3) is 0.250. The summed E-state index contributed by atoms with van der Waals surface area (Å²) in [6.45, 7) is 5.70. The van der Waals surface area contributed by atoms with Gasteiger partial charge in [-0.05, 0) is 55.7 Å². The molecule has 21 heavy (non-hydrogen) atoms. The van der Waals surface area contributed by atoms with Crippen LogP contribution in [-0.2, 0) is 10.0 Å². The summed E-state index contributed by atoms with van der Waals surface area (Å²) in [6.07, 6.45) is 0. The van der Waals surface area contributed by atoms with Crippen molar-refractivity contribution < 1.29 is 8.42 Å². The quantitative estimate of drug-likeness (QED) is 0.883. The van der Waals surface area contributed by atoms with Gasteiger partial charge in [-0.25, -0.2) is 13.1 Å². The molecule has 0 heterocycles. The second-order valence-corrected chi connectivity index (χ2v) is 7.68. The Hall–Kier alpha value is -1.17. The predicted molar refractivity (Wildman–Crippen MR) is 88.8 cm³/mol. The average molecular weight is 368 g/mol.